The number of nitrogens with one attached hydrogen (secondary N) is 4. The summed E-state index contributed by atoms with van der Waals surface area (Å²) in [6, 6.07) is 11.9. The molecule has 12 nitrogen and oxygen atoms in total. The average Bonchev–Trinajstić information content (AvgIpc) is 3.80. The lowest BCUT2D eigenvalue weighted by Gasteiger charge is -2.37. The van der Waals surface area contributed by atoms with E-state index in [0.717, 1.165) is 19.1 Å². The van der Waals surface area contributed by atoms with Gasteiger partial charge in [-0.1, -0.05) is 47.5 Å². The topological polar surface area (TPSA) is 176 Å². The van der Waals surface area contributed by atoms with E-state index in [2.05, 4.69) is 15.7 Å². The van der Waals surface area contributed by atoms with Gasteiger partial charge in [0.25, 0.3) is 11.8 Å². The third kappa shape index (κ3) is 8.58. The van der Waals surface area contributed by atoms with Gasteiger partial charge >= 0.3 is 13.6 Å². The molecule has 0 bridgehead atoms. The molecule has 2 aromatic carbocycles. The summed E-state index contributed by atoms with van der Waals surface area (Å²) in [4.78, 5) is 38.2. The molecule has 1 aliphatic carbocycles. The fraction of sp³-hybridized carbons (Fsp3) is 0.357. The van der Waals surface area contributed by atoms with Crippen LogP contribution >= 0.6 is 30.9 Å². The van der Waals surface area contributed by atoms with E-state index < -0.39 is 31.5 Å². The number of esters is 1. The molecule has 1 aliphatic heterocycles. The van der Waals surface area contributed by atoms with Gasteiger partial charge in [0.2, 0.25) is 0 Å². The molecule has 1 unspecified atom stereocenters. The molecule has 15 heteroatoms. The number of allylic oxidation sites excluding steroid dienone is 1. The molecular weight excluding hydrogens is 618 g/mol. The van der Waals surface area contributed by atoms with Gasteiger partial charge in [0.05, 0.1) is 21.3 Å². The number of hydrogen-bond acceptors (Lipinski definition) is 8. The Morgan fingerprint density at radius 2 is 1.67 bits per heavy atom. The predicted molar refractivity (Wildman–Crippen MR) is 163 cm³/mol. The number of carbonyl (C=O) groups is 3. The highest BCUT2D eigenvalue weighted by Gasteiger charge is 2.40. The van der Waals surface area contributed by atoms with E-state index in [0.29, 0.717) is 18.6 Å². The molecule has 6 N–H and O–H groups in total. The second-order valence-electron chi connectivity index (χ2n) is 10.1. The molecule has 0 radical (unpaired) electrons. The fourth-order valence-electron chi connectivity index (χ4n) is 4.28. The van der Waals surface area contributed by atoms with Gasteiger partial charge in [0.15, 0.2) is 0 Å². The lowest BCUT2D eigenvalue weighted by molar-refractivity contribution is -0.146. The van der Waals surface area contributed by atoms with Crippen molar-refractivity contribution < 1.29 is 28.2 Å². The Labute approximate surface area is 259 Å². The minimum atomic E-state index is -3.77. The minimum Gasteiger partial charge on any atom is -0.461 e. The number of hydrogen-bond donors (Lipinski definition) is 5. The van der Waals surface area contributed by atoms with Gasteiger partial charge in [-0.2, -0.15) is 0 Å². The Balaban J connectivity index is 1.40. The Hall–Kier alpha value is -3.41. The third-order valence-electron chi connectivity index (χ3n) is 6.79. The zero-order valence-corrected chi connectivity index (χ0v) is 25.8. The van der Waals surface area contributed by atoms with Gasteiger partial charge in [-0.15, -0.1) is 0 Å². The van der Waals surface area contributed by atoms with Crippen molar-refractivity contribution in [2.45, 2.75) is 50.8 Å². The summed E-state index contributed by atoms with van der Waals surface area (Å²) in [6.07, 6.45) is 3.05. The minimum absolute atomic E-state index is 0.0170. The van der Waals surface area contributed by atoms with Gasteiger partial charge in [0.1, 0.15) is 23.6 Å². The molecule has 0 aromatic heterocycles. The molecule has 0 spiro atoms. The van der Waals surface area contributed by atoms with Crippen LogP contribution in [0.2, 0.25) is 10.0 Å². The monoisotopic (exact) mass is 650 g/mol. The largest absolute Gasteiger partial charge is 0.461 e. The van der Waals surface area contributed by atoms with Gasteiger partial charge in [-0.3, -0.25) is 14.4 Å². The third-order valence-corrected chi connectivity index (χ3v) is 9.73. The first-order valence-electron chi connectivity index (χ1n) is 13.7. The number of rotatable bonds is 12. The van der Waals surface area contributed by atoms with Crippen molar-refractivity contribution in [3.8, 4) is 5.75 Å². The first-order chi connectivity index (χ1) is 20.5. The molecule has 230 valence electrons. The van der Waals surface area contributed by atoms with Gasteiger partial charge in [-0.05, 0) is 56.9 Å². The number of carbonyl (C=O) groups excluding carboxylic acids is 3. The zero-order chi connectivity index (χ0) is 31.1. The van der Waals surface area contributed by atoms with Crippen molar-refractivity contribution in [3.05, 3.63) is 75.5 Å². The molecule has 2 aliphatic rings. The van der Waals surface area contributed by atoms with Crippen LogP contribution in [0.25, 0.3) is 0 Å². The maximum Gasteiger partial charge on any atom is 0.393 e. The summed E-state index contributed by atoms with van der Waals surface area (Å²) in [5, 5.41) is 15.9. The van der Waals surface area contributed by atoms with Crippen molar-refractivity contribution in [3.63, 3.8) is 0 Å². The van der Waals surface area contributed by atoms with E-state index in [4.69, 9.17) is 43.6 Å². The first-order valence-corrected chi connectivity index (χ1v) is 16.0. The van der Waals surface area contributed by atoms with Crippen LogP contribution in [-0.2, 0) is 18.9 Å². The van der Waals surface area contributed by atoms with Crippen LogP contribution in [-0.4, -0.2) is 59.9 Å². The molecule has 2 atom stereocenters. The second-order valence-corrected chi connectivity index (χ2v) is 13.0. The normalized spacial score (nSPS) is 18.4. The number of benzene rings is 2. The van der Waals surface area contributed by atoms with Crippen LogP contribution in [0.3, 0.4) is 0 Å². The number of halogens is 2. The summed E-state index contributed by atoms with van der Waals surface area (Å²) in [5.41, 5.74) is 5.38. The highest BCUT2D eigenvalue weighted by atomic mass is 35.5. The van der Waals surface area contributed by atoms with Crippen LogP contribution in [0.4, 0.5) is 0 Å². The highest BCUT2D eigenvalue weighted by Crippen LogP contribution is 2.49. The average molecular weight is 651 g/mol. The molecule has 1 saturated heterocycles. The quantitative estimate of drug-likeness (QED) is 0.0983. The molecule has 2 fully saturated rings. The molecule has 43 heavy (non-hydrogen) atoms. The summed E-state index contributed by atoms with van der Waals surface area (Å²) in [6.45, 7) is 2.09. The smallest absolute Gasteiger partial charge is 0.393 e. The number of piperidine rings is 1. The summed E-state index contributed by atoms with van der Waals surface area (Å²) in [5.74, 6) is -1.56. The van der Waals surface area contributed by atoms with Crippen molar-refractivity contribution in [1.29, 1.82) is 5.41 Å². The Morgan fingerprint density at radius 3 is 2.26 bits per heavy atom. The van der Waals surface area contributed by atoms with Crippen LogP contribution in [0.15, 0.2) is 59.9 Å². The van der Waals surface area contributed by atoms with Crippen molar-refractivity contribution >= 4 is 54.9 Å². The summed E-state index contributed by atoms with van der Waals surface area (Å²) in [7, 11) is -3.77. The Kier molecular flexibility index (Phi) is 10.9. The maximum absolute atomic E-state index is 14.2. The molecule has 1 heterocycles. The molecule has 2 aromatic rings. The van der Waals surface area contributed by atoms with Crippen LogP contribution in [0, 0.1) is 5.41 Å². The van der Waals surface area contributed by atoms with Crippen LogP contribution in [0.5, 0.6) is 5.75 Å². The van der Waals surface area contributed by atoms with Crippen LogP contribution in [0.1, 0.15) is 43.0 Å². The van der Waals surface area contributed by atoms with Crippen molar-refractivity contribution in [2.75, 3.05) is 13.1 Å². The number of amides is 2. The van der Waals surface area contributed by atoms with Crippen molar-refractivity contribution in [1.82, 2.24) is 20.4 Å². The molecule has 4 rings (SSSR count). The van der Waals surface area contributed by atoms with E-state index in [1.165, 1.54) is 12.1 Å². The molecule has 1 saturated carbocycles. The molecular formula is C28H33Cl2N6O6P. The van der Waals surface area contributed by atoms with E-state index in [9.17, 15) is 18.9 Å². The number of para-hydroxylation sites is 1. The summed E-state index contributed by atoms with van der Waals surface area (Å²) >= 11 is 12.2. The number of nitrogens with zero attached hydrogens (tertiary/aromatic N) is 1. The Morgan fingerprint density at radius 1 is 1.05 bits per heavy atom. The maximum atomic E-state index is 14.2. The SMILES string of the molecule is C[C@H](NP(=O)(Oc1ccccc1)N1CCC(NC(=O)C(N)=C(C=N)NC(=O)c2c(Cl)cccc2Cl)CC1)C(=O)OC1CC1. The van der Waals surface area contributed by atoms with E-state index in [-0.39, 0.29) is 52.2 Å². The van der Waals surface area contributed by atoms with Gasteiger partial charge < -0.3 is 31.0 Å². The predicted octanol–water partition coefficient (Wildman–Crippen LogP) is 3.99. The van der Waals surface area contributed by atoms with Gasteiger partial charge in [-0.25, -0.2) is 14.3 Å². The zero-order valence-electron chi connectivity index (χ0n) is 23.3. The Bertz CT molecular complexity index is 1430. The summed E-state index contributed by atoms with van der Waals surface area (Å²) < 4.78 is 27.1. The lowest BCUT2D eigenvalue weighted by Crippen LogP contribution is -2.48. The van der Waals surface area contributed by atoms with Crippen LogP contribution < -0.4 is 26.0 Å². The highest BCUT2D eigenvalue weighted by molar-refractivity contribution is 7.54. The standard InChI is InChI=1S/C28H33Cl2N6O6P/c1-17(28(39)41-19-10-11-19)35-43(40,42-20-6-3-2-4-7-20)36-14-12-18(13-15-36)33-27(38)25(32)23(16-31)34-26(37)24-21(29)8-5-9-22(24)30/h2-9,16-19,31H,10-15,32H2,1H3,(H,33,38)(H,34,37)(H,35,40)/t17-,43?/m0/s1. The molecule has 2 amide bonds. The fourth-order valence-corrected chi connectivity index (χ4v) is 6.94. The van der Waals surface area contributed by atoms with E-state index >= 15 is 0 Å². The second kappa shape index (κ2) is 14.4. The number of nitrogens with two attached hydrogens (primary N) is 1. The lowest BCUT2D eigenvalue weighted by atomic mass is 10.1. The van der Waals surface area contributed by atoms with Crippen molar-refractivity contribution in [2.24, 2.45) is 5.73 Å². The first kappa shape index (κ1) is 32.5. The number of ether oxygens (including phenoxy) is 1. The van der Waals surface area contributed by atoms with Gasteiger partial charge in [0, 0.05) is 25.3 Å². The van der Waals surface area contributed by atoms with E-state index in [1.54, 1.807) is 48.0 Å². The van der Waals surface area contributed by atoms with E-state index in [1.807, 2.05) is 0 Å².